The van der Waals surface area contributed by atoms with Gasteiger partial charge in [0.25, 0.3) is 0 Å². The van der Waals surface area contributed by atoms with Crippen molar-refractivity contribution in [3.63, 3.8) is 0 Å². The van der Waals surface area contributed by atoms with Crippen molar-refractivity contribution in [3.8, 4) is 0 Å². The van der Waals surface area contributed by atoms with Crippen LogP contribution in [-0.4, -0.2) is 70.3 Å². The van der Waals surface area contributed by atoms with Gasteiger partial charge in [-0.15, -0.1) is 0 Å². The number of likely N-dealkylation sites (tertiary alicyclic amines) is 1. The van der Waals surface area contributed by atoms with Gasteiger partial charge in [-0.3, -0.25) is 14.4 Å². The lowest BCUT2D eigenvalue weighted by Gasteiger charge is -2.39. The predicted octanol–water partition coefficient (Wildman–Crippen LogP) is 2.03. The molecule has 8 heteroatoms. The Morgan fingerprint density at radius 3 is 2.52 bits per heavy atom. The van der Waals surface area contributed by atoms with Crippen molar-refractivity contribution in [2.24, 2.45) is 23.7 Å². The van der Waals surface area contributed by atoms with Crippen molar-refractivity contribution in [2.45, 2.75) is 102 Å². The Bertz CT molecular complexity index is 796. The average Bonchev–Trinajstić information content (AvgIpc) is 3.27. The highest BCUT2D eigenvalue weighted by Gasteiger charge is 2.80. The van der Waals surface area contributed by atoms with Gasteiger partial charge in [-0.05, 0) is 44.9 Å². The average molecular weight is 465 g/mol. The Morgan fingerprint density at radius 2 is 1.94 bits per heavy atom. The minimum Gasteiger partial charge on any atom is -0.466 e. The van der Waals surface area contributed by atoms with Gasteiger partial charge in [0.1, 0.15) is 17.6 Å². The molecular weight excluding hydrogens is 424 g/mol. The van der Waals surface area contributed by atoms with E-state index in [9.17, 15) is 19.5 Å². The molecule has 4 fully saturated rings. The number of carbonyl (C=O) groups excluding carboxylic acids is 3. The van der Waals surface area contributed by atoms with E-state index in [1.165, 1.54) is 6.42 Å². The van der Waals surface area contributed by atoms with E-state index in [2.05, 4.69) is 5.32 Å². The molecule has 1 spiro atoms. The molecule has 2 bridgehead atoms. The number of hydrogen-bond acceptors (Lipinski definition) is 6. The van der Waals surface area contributed by atoms with Crippen LogP contribution in [0.4, 0.5) is 0 Å². The molecule has 3 unspecified atom stereocenters. The Balaban J connectivity index is 1.77. The molecule has 3 heterocycles. The molecular formula is C25H40N2O6. The van der Waals surface area contributed by atoms with Crippen LogP contribution in [0.2, 0.25) is 0 Å². The summed E-state index contributed by atoms with van der Waals surface area (Å²) in [5.41, 5.74) is -1.96. The van der Waals surface area contributed by atoms with Crippen molar-refractivity contribution in [1.82, 2.24) is 10.2 Å². The number of amides is 2. The van der Waals surface area contributed by atoms with Crippen LogP contribution in [0.5, 0.6) is 0 Å². The molecule has 0 aromatic rings. The van der Waals surface area contributed by atoms with E-state index in [4.69, 9.17) is 9.47 Å². The fraction of sp³-hybridized carbons (Fsp3) is 0.880. The third-order valence-electron chi connectivity index (χ3n) is 8.81. The van der Waals surface area contributed by atoms with E-state index in [0.717, 1.165) is 25.7 Å². The molecule has 3 saturated heterocycles. The molecule has 4 aliphatic rings. The highest BCUT2D eigenvalue weighted by atomic mass is 16.6. The lowest BCUT2D eigenvalue weighted by atomic mass is 9.62. The third kappa shape index (κ3) is 3.59. The minimum absolute atomic E-state index is 0.0208. The first kappa shape index (κ1) is 24.5. The molecule has 186 valence electrons. The highest BCUT2D eigenvalue weighted by Crippen LogP contribution is 2.65. The smallest absolute Gasteiger partial charge is 0.312 e. The standard InChI is InChI=1S/C25H40N2O6/c1-6-32-23(31)19-18-22(30)27(17(13-28)14(2)3)20(21(29)26-16-10-8-7-9-11-16)25(18)12-15(4)24(19,5)33-25/h14-20,28H,6-13H2,1-5H3,(H,26,29)/t15?,17-,18-,19-,20?,24+,25?/m0/s1. The Morgan fingerprint density at radius 1 is 1.27 bits per heavy atom. The number of fused-ring (bicyclic) bond motifs is 1. The summed E-state index contributed by atoms with van der Waals surface area (Å²) >= 11 is 0. The van der Waals surface area contributed by atoms with Crippen molar-refractivity contribution in [2.75, 3.05) is 13.2 Å². The van der Waals surface area contributed by atoms with E-state index in [0.29, 0.717) is 6.42 Å². The zero-order chi connectivity index (χ0) is 24.1. The molecule has 7 atom stereocenters. The minimum atomic E-state index is -1.09. The topological polar surface area (TPSA) is 105 Å². The van der Waals surface area contributed by atoms with Gasteiger partial charge in [0.15, 0.2) is 0 Å². The second kappa shape index (κ2) is 8.84. The van der Waals surface area contributed by atoms with Crippen LogP contribution < -0.4 is 5.32 Å². The normalized spacial score (nSPS) is 39.1. The fourth-order valence-corrected chi connectivity index (χ4v) is 7.07. The Kier molecular flexibility index (Phi) is 6.55. The van der Waals surface area contributed by atoms with Gasteiger partial charge in [0.05, 0.1) is 30.8 Å². The first-order valence-electron chi connectivity index (χ1n) is 12.7. The molecule has 4 rings (SSSR count). The lowest BCUT2D eigenvalue weighted by Crippen LogP contribution is -2.60. The van der Waals surface area contributed by atoms with E-state index < -0.39 is 41.1 Å². The maximum atomic E-state index is 14.0. The van der Waals surface area contributed by atoms with Gasteiger partial charge in [-0.1, -0.05) is 40.0 Å². The fourth-order valence-electron chi connectivity index (χ4n) is 7.07. The summed E-state index contributed by atoms with van der Waals surface area (Å²) in [5, 5.41) is 13.4. The molecule has 3 aliphatic heterocycles. The van der Waals surface area contributed by atoms with Crippen LogP contribution in [0.15, 0.2) is 0 Å². The van der Waals surface area contributed by atoms with Gasteiger partial charge in [-0.25, -0.2) is 0 Å². The summed E-state index contributed by atoms with van der Waals surface area (Å²) in [6.45, 7) is 9.47. The summed E-state index contributed by atoms with van der Waals surface area (Å²) in [6.07, 6.45) is 5.70. The first-order chi connectivity index (χ1) is 15.6. The Hall–Kier alpha value is -1.67. The predicted molar refractivity (Wildman–Crippen MR) is 121 cm³/mol. The zero-order valence-corrected chi connectivity index (χ0v) is 20.6. The summed E-state index contributed by atoms with van der Waals surface area (Å²) in [6, 6.07) is -1.33. The number of aliphatic hydroxyl groups is 1. The van der Waals surface area contributed by atoms with Gasteiger partial charge >= 0.3 is 5.97 Å². The molecule has 33 heavy (non-hydrogen) atoms. The summed E-state index contributed by atoms with van der Waals surface area (Å²) in [5.74, 6) is -2.58. The van der Waals surface area contributed by atoms with Crippen LogP contribution in [0, 0.1) is 23.7 Å². The van der Waals surface area contributed by atoms with Gasteiger partial charge in [0.2, 0.25) is 11.8 Å². The number of nitrogens with one attached hydrogen (secondary N) is 1. The van der Waals surface area contributed by atoms with Crippen LogP contribution in [0.25, 0.3) is 0 Å². The molecule has 0 aromatic carbocycles. The van der Waals surface area contributed by atoms with E-state index in [1.54, 1.807) is 11.8 Å². The van der Waals surface area contributed by atoms with E-state index in [1.807, 2.05) is 27.7 Å². The number of carbonyl (C=O) groups is 3. The number of rotatable bonds is 7. The van der Waals surface area contributed by atoms with Gasteiger partial charge < -0.3 is 24.8 Å². The molecule has 8 nitrogen and oxygen atoms in total. The van der Waals surface area contributed by atoms with Gasteiger partial charge in [-0.2, -0.15) is 0 Å². The number of esters is 1. The number of ether oxygens (including phenoxy) is 2. The first-order valence-corrected chi connectivity index (χ1v) is 12.7. The number of hydrogen-bond donors (Lipinski definition) is 2. The van der Waals surface area contributed by atoms with E-state index in [-0.39, 0.29) is 42.9 Å². The Labute approximate surface area is 196 Å². The van der Waals surface area contributed by atoms with Gasteiger partial charge in [0, 0.05) is 6.04 Å². The van der Waals surface area contributed by atoms with Crippen LogP contribution in [0.1, 0.15) is 73.1 Å². The largest absolute Gasteiger partial charge is 0.466 e. The number of nitrogens with zero attached hydrogens (tertiary/aromatic N) is 1. The van der Waals surface area contributed by atoms with Crippen molar-refractivity contribution in [1.29, 1.82) is 0 Å². The second-order valence-corrected chi connectivity index (χ2v) is 11.0. The highest BCUT2D eigenvalue weighted by molar-refractivity contribution is 5.98. The molecule has 0 aromatic heterocycles. The molecule has 1 aliphatic carbocycles. The quantitative estimate of drug-likeness (QED) is 0.559. The van der Waals surface area contributed by atoms with Crippen molar-refractivity contribution in [3.05, 3.63) is 0 Å². The lowest BCUT2D eigenvalue weighted by molar-refractivity contribution is -0.162. The summed E-state index contributed by atoms with van der Waals surface area (Å²) < 4.78 is 12.0. The van der Waals surface area contributed by atoms with Crippen molar-refractivity contribution < 1.29 is 29.0 Å². The van der Waals surface area contributed by atoms with Crippen molar-refractivity contribution >= 4 is 17.8 Å². The molecule has 0 radical (unpaired) electrons. The molecule has 2 N–H and O–H groups in total. The van der Waals surface area contributed by atoms with Crippen LogP contribution in [0.3, 0.4) is 0 Å². The SMILES string of the molecule is CCOC(=O)[C@@H]1[C@H]2C(=O)N([C@@H](CO)C(C)C)C(C(=O)NC3CCCCC3)C23CC(C)[C@@]1(C)O3. The maximum absolute atomic E-state index is 14.0. The van der Waals surface area contributed by atoms with Crippen LogP contribution >= 0.6 is 0 Å². The third-order valence-corrected chi connectivity index (χ3v) is 8.81. The second-order valence-electron chi connectivity index (χ2n) is 11.0. The monoisotopic (exact) mass is 464 g/mol. The zero-order valence-electron chi connectivity index (χ0n) is 20.6. The van der Waals surface area contributed by atoms with E-state index >= 15 is 0 Å². The number of aliphatic hydroxyl groups excluding tert-OH is 1. The summed E-state index contributed by atoms with van der Waals surface area (Å²) in [4.78, 5) is 42.5. The maximum Gasteiger partial charge on any atom is 0.312 e. The van der Waals surface area contributed by atoms with Crippen LogP contribution in [-0.2, 0) is 23.9 Å². The summed E-state index contributed by atoms with van der Waals surface area (Å²) in [7, 11) is 0. The molecule has 2 amide bonds. The molecule has 1 saturated carbocycles.